The summed E-state index contributed by atoms with van der Waals surface area (Å²) in [4.78, 5) is 23.2. The molecule has 6 nitrogen and oxygen atoms in total. The molecule has 186 valence electrons. The van der Waals surface area contributed by atoms with Crippen LogP contribution in [0.1, 0.15) is 110 Å². The minimum Gasteiger partial charge on any atom is -0.462 e. The highest BCUT2D eigenvalue weighted by Crippen LogP contribution is 2.34. The number of aliphatic hydroxyl groups excluding tert-OH is 2. The fourth-order valence-electron chi connectivity index (χ4n) is 4.20. The zero-order valence-electron chi connectivity index (χ0n) is 20.4. The van der Waals surface area contributed by atoms with Gasteiger partial charge in [-0.25, -0.2) is 0 Å². The largest absolute Gasteiger partial charge is 0.462 e. The van der Waals surface area contributed by atoms with Crippen molar-refractivity contribution in [2.24, 2.45) is 5.92 Å². The van der Waals surface area contributed by atoms with Crippen LogP contribution in [0.3, 0.4) is 0 Å². The van der Waals surface area contributed by atoms with E-state index in [1.165, 1.54) is 64.7 Å². The summed E-state index contributed by atoms with van der Waals surface area (Å²) >= 11 is 0. The maximum Gasteiger partial charge on any atom is 0.312 e. The van der Waals surface area contributed by atoms with Gasteiger partial charge in [0.2, 0.25) is 0 Å². The summed E-state index contributed by atoms with van der Waals surface area (Å²) in [6.45, 7) is 2.91. The summed E-state index contributed by atoms with van der Waals surface area (Å²) in [7, 11) is 0. The van der Waals surface area contributed by atoms with Gasteiger partial charge in [0.05, 0.1) is 18.6 Å². The third-order valence-corrected chi connectivity index (χ3v) is 6.26. The van der Waals surface area contributed by atoms with Gasteiger partial charge in [-0.05, 0) is 32.1 Å². The van der Waals surface area contributed by atoms with E-state index in [0.29, 0.717) is 6.42 Å². The molecule has 1 rings (SSSR count). The highest BCUT2D eigenvalue weighted by molar-refractivity contribution is 5.76. The quantitative estimate of drug-likeness (QED) is 0.157. The first kappa shape index (κ1) is 28.6. The van der Waals surface area contributed by atoms with Crippen LogP contribution >= 0.6 is 0 Å². The summed E-state index contributed by atoms with van der Waals surface area (Å²) in [5.74, 6) is -1.69. The maximum atomic E-state index is 12.2. The Labute approximate surface area is 194 Å². The molecule has 1 fully saturated rings. The number of rotatable bonds is 19. The van der Waals surface area contributed by atoms with Gasteiger partial charge in [-0.1, -0.05) is 76.9 Å². The number of allylic oxidation sites excluding steroid dienone is 2. The van der Waals surface area contributed by atoms with E-state index >= 15 is 0 Å². The first-order valence-electron chi connectivity index (χ1n) is 12.7. The number of hydrogen-bond donors (Lipinski definition) is 2. The lowest BCUT2D eigenvalue weighted by Gasteiger charge is -2.24. The van der Waals surface area contributed by atoms with Gasteiger partial charge in [0.1, 0.15) is 6.61 Å². The summed E-state index contributed by atoms with van der Waals surface area (Å²) in [5.41, 5.74) is -1.23. The van der Waals surface area contributed by atoms with Crippen molar-refractivity contribution in [3.05, 3.63) is 12.2 Å². The molecule has 1 aliphatic rings. The molecule has 0 aromatic rings. The molecule has 3 unspecified atom stereocenters. The van der Waals surface area contributed by atoms with Crippen molar-refractivity contribution in [2.75, 3.05) is 13.2 Å². The fourth-order valence-corrected chi connectivity index (χ4v) is 4.20. The van der Waals surface area contributed by atoms with E-state index in [-0.39, 0.29) is 13.0 Å². The van der Waals surface area contributed by atoms with Crippen molar-refractivity contribution < 1.29 is 29.3 Å². The summed E-state index contributed by atoms with van der Waals surface area (Å²) in [6, 6.07) is 0. The second-order valence-electron chi connectivity index (χ2n) is 9.29. The third kappa shape index (κ3) is 12.0. The molecular weight excluding hydrogens is 408 g/mol. The van der Waals surface area contributed by atoms with Gasteiger partial charge in [-0.15, -0.1) is 0 Å². The van der Waals surface area contributed by atoms with Crippen LogP contribution in [0.2, 0.25) is 0 Å². The third-order valence-electron chi connectivity index (χ3n) is 6.26. The number of esters is 2. The lowest BCUT2D eigenvalue weighted by molar-refractivity contribution is -0.166. The Kier molecular flexibility index (Phi) is 15.3. The molecule has 0 amide bonds. The number of carbonyl (C=O) groups excluding carboxylic acids is 2. The van der Waals surface area contributed by atoms with E-state index in [4.69, 9.17) is 9.47 Å². The number of unbranched alkanes of at least 4 members (excludes halogenated alkanes) is 11. The lowest BCUT2D eigenvalue weighted by atomic mass is 9.89. The minimum atomic E-state index is -1.23. The van der Waals surface area contributed by atoms with Crippen molar-refractivity contribution in [3.8, 4) is 0 Å². The smallest absolute Gasteiger partial charge is 0.312 e. The van der Waals surface area contributed by atoms with Crippen LogP contribution < -0.4 is 0 Å². The maximum absolute atomic E-state index is 12.2. The molecule has 3 atom stereocenters. The normalized spacial score (nSPS) is 21.8. The first-order chi connectivity index (χ1) is 15.4. The van der Waals surface area contributed by atoms with E-state index in [1.54, 1.807) is 0 Å². The Hall–Kier alpha value is -1.40. The first-order valence-corrected chi connectivity index (χ1v) is 12.7. The van der Waals surface area contributed by atoms with Crippen LogP contribution in [0.4, 0.5) is 0 Å². The molecule has 2 N–H and O–H groups in total. The van der Waals surface area contributed by atoms with Gasteiger partial charge in [-0.2, -0.15) is 0 Å². The molecule has 0 bridgehead atoms. The Morgan fingerprint density at radius 3 is 2.19 bits per heavy atom. The van der Waals surface area contributed by atoms with Crippen molar-refractivity contribution in [3.63, 3.8) is 0 Å². The molecule has 1 heterocycles. The van der Waals surface area contributed by atoms with Gasteiger partial charge in [0.25, 0.3) is 0 Å². The van der Waals surface area contributed by atoms with Crippen LogP contribution in [0, 0.1) is 5.92 Å². The zero-order valence-corrected chi connectivity index (χ0v) is 20.4. The van der Waals surface area contributed by atoms with E-state index in [9.17, 15) is 19.8 Å². The van der Waals surface area contributed by atoms with Gasteiger partial charge in [0, 0.05) is 13.3 Å². The summed E-state index contributed by atoms with van der Waals surface area (Å²) in [6.07, 6.45) is 20.3. The van der Waals surface area contributed by atoms with E-state index in [2.05, 4.69) is 19.1 Å². The Bertz CT molecular complexity index is 546. The number of carbonyl (C=O) groups is 2. The van der Waals surface area contributed by atoms with Crippen LogP contribution in [-0.4, -0.2) is 47.1 Å². The second kappa shape index (κ2) is 17.1. The van der Waals surface area contributed by atoms with E-state index < -0.39 is 36.2 Å². The van der Waals surface area contributed by atoms with Crippen molar-refractivity contribution in [1.29, 1.82) is 0 Å². The van der Waals surface area contributed by atoms with Crippen molar-refractivity contribution in [2.45, 2.75) is 122 Å². The molecular formula is C26H46O6. The standard InChI is InChI=1S/C26H46O6/c1-3-4-5-6-7-8-9-10-11-12-13-14-15-16-17-18-24(29)23-19-26(20-27,32-25(23)30)21-31-22(2)28/h10-11,23-24,27,29H,3-9,12-21H2,1-2H3/b11-10-. The molecule has 32 heavy (non-hydrogen) atoms. The molecule has 6 heteroatoms. The predicted molar refractivity (Wildman–Crippen MR) is 126 cm³/mol. The molecule has 0 aliphatic carbocycles. The number of cyclic esters (lactones) is 1. The number of aliphatic hydroxyl groups is 2. The van der Waals surface area contributed by atoms with Crippen LogP contribution in [0.5, 0.6) is 0 Å². The van der Waals surface area contributed by atoms with Gasteiger partial charge >= 0.3 is 11.9 Å². The molecule has 0 radical (unpaired) electrons. The topological polar surface area (TPSA) is 93.1 Å². The summed E-state index contributed by atoms with van der Waals surface area (Å²) in [5, 5.41) is 20.0. The molecule has 0 aromatic carbocycles. The van der Waals surface area contributed by atoms with Gasteiger partial charge in [-0.3, -0.25) is 9.59 Å². The highest BCUT2D eigenvalue weighted by Gasteiger charge is 2.49. The Balaban J connectivity index is 2.06. The highest BCUT2D eigenvalue weighted by atomic mass is 16.6. The molecule has 0 aromatic heterocycles. The Morgan fingerprint density at radius 1 is 1.06 bits per heavy atom. The van der Waals surface area contributed by atoms with Gasteiger partial charge < -0.3 is 19.7 Å². The SMILES string of the molecule is CCCCCCCC/C=C\CCCCCCCC(O)C1CC(CO)(COC(C)=O)OC1=O. The fraction of sp³-hybridized carbons (Fsp3) is 0.846. The molecule has 1 aliphatic heterocycles. The number of ether oxygens (including phenoxy) is 2. The lowest BCUT2D eigenvalue weighted by Crippen LogP contribution is -2.39. The van der Waals surface area contributed by atoms with Crippen LogP contribution in [0.25, 0.3) is 0 Å². The Morgan fingerprint density at radius 2 is 1.62 bits per heavy atom. The van der Waals surface area contributed by atoms with E-state index in [0.717, 1.165) is 25.7 Å². The average molecular weight is 455 g/mol. The monoisotopic (exact) mass is 454 g/mol. The van der Waals surface area contributed by atoms with Crippen molar-refractivity contribution >= 4 is 11.9 Å². The molecule has 0 saturated carbocycles. The number of hydrogen-bond acceptors (Lipinski definition) is 6. The average Bonchev–Trinajstić information content (AvgIpc) is 3.12. The van der Waals surface area contributed by atoms with Gasteiger partial charge in [0.15, 0.2) is 5.60 Å². The second-order valence-corrected chi connectivity index (χ2v) is 9.29. The molecule has 0 spiro atoms. The molecule has 1 saturated heterocycles. The van der Waals surface area contributed by atoms with Crippen molar-refractivity contribution in [1.82, 2.24) is 0 Å². The summed E-state index contributed by atoms with van der Waals surface area (Å²) < 4.78 is 10.2. The van der Waals surface area contributed by atoms with Crippen LogP contribution in [0.15, 0.2) is 12.2 Å². The minimum absolute atomic E-state index is 0.169. The zero-order chi connectivity index (χ0) is 23.7. The van der Waals surface area contributed by atoms with E-state index in [1.807, 2.05) is 0 Å². The van der Waals surface area contributed by atoms with Crippen LogP contribution in [-0.2, 0) is 19.1 Å². The predicted octanol–water partition coefficient (Wildman–Crippen LogP) is 5.24.